The van der Waals surface area contributed by atoms with E-state index < -0.39 is 0 Å². The molecule has 118 valence electrons. The summed E-state index contributed by atoms with van der Waals surface area (Å²) in [6.45, 7) is 6.54. The number of nitrogens with one attached hydrogen (secondary N) is 1. The summed E-state index contributed by atoms with van der Waals surface area (Å²) < 4.78 is 6.96. The van der Waals surface area contributed by atoms with Crippen molar-refractivity contribution in [2.75, 3.05) is 18.2 Å². The van der Waals surface area contributed by atoms with Gasteiger partial charge in [-0.05, 0) is 6.92 Å². The predicted molar refractivity (Wildman–Crippen MR) is 87.1 cm³/mol. The number of methoxy groups -OCH3 is 1. The van der Waals surface area contributed by atoms with E-state index >= 15 is 0 Å². The number of rotatable bonds is 8. The normalized spacial score (nSPS) is 10.6. The molecule has 7 nitrogen and oxygen atoms in total. The molecule has 0 saturated heterocycles. The van der Waals surface area contributed by atoms with Gasteiger partial charge in [-0.3, -0.25) is 4.79 Å². The van der Waals surface area contributed by atoms with E-state index in [0.717, 1.165) is 5.69 Å². The lowest BCUT2D eigenvalue weighted by Gasteiger charge is -2.06. The molecule has 0 aromatic carbocycles. The minimum Gasteiger partial charge on any atom is -0.377 e. The highest BCUT2D eigenvalue weighted by atomic mass is 32.2. The Morgan fingerprint density at radius 3 is 3.05 bits per heavy atom. The van der Waals surface area contributed by atoms with Gasteiger partial charge in [-0.25, -0.2) is 4.98 Å². The molecule has 0 spiro atoms. The molecule has 0 fully saturated rings. The maximum absolute atomic E-state index is 11.9. The zero-order chi connectivity index (χ0) is 15.9. The van der Waals surface area contributed by atoms with Crippen molar-refractivity contribution < 1.29 is 9.53 Å². The summed E-state index contributed by atoms with van der Waals surface area (Å²) in [6, 6.07) is 0. The molecule has 2 rings (SSSR count). The predicted octanol–water partition coefficient (Wildman–Crippen LogP) is 2.11. The first-order valence-electron chi connectivity index (χ1n) is 6.50. The number of hydrogen-bond acceptors (Lipinski definition) is 7. The highest BCUT2D eigenvalue weighted by molar-refractivity contribution is 7.99. The number of thioether (sulfide) groups is 1. The van der Waals surface area contributed by atoms with Crippen molar-refractivity contribution in [2.24, 2.45) is 0 Å². The summed E-state index contributed by atoms with van der Waals surface area (Å²) in [5.74, 6) is 0.822. The van der Waals surface area contributed by atoms with E-state index in [1.807, 2.05) is 16.9 Å². The molecule has 2 aromatic heterocycles. The second-order valence-electron chi connectivity index (χ2n) is 4.36. The number of allylic oxidation sites excluding steroid dienone is 1. The smallest absolute Gasteiger partial charge is 0.236 e. The minimum absolute atomic E-state index is 0.124. The number of anilines is 1. The van der Waals surface area contributed by atoms with Gasteiger partial charge in [0.25, 0.3) is 0 Å². The van der Waals surface area contributed by atoms with Crippen LogP contribution in [0.3, 0.4) is 0 Å². The lowest BCUT2D eigenvalue weighted by molar-refractivity contribution is -0.113. The quantitative estimate of drug-likeness (QED) is 0.586. The molecule has 0 aliphatic heterocycles. The number of carbonyl (C=O) groups excluding carboxylic acids is 1. The van der Waals surface area contributed by atoms with E-state index in [1.165, 1.54) is 23.1 Å². The Balaban J connectivity index is 1.95. The summed E-state index contributed by atoms with van der Waals surface area (Å²) >= 11 is 2.72. The number of nitrogens with zero attached hydrogens (tertiary/aromatic N) is 4. The summed E-state index contributed by atoms with van der Waals surface area (Å²) in [4.78, 5) is 16.1. The molecule has 0 radical (unpaired) electrons. The van der Waals surface area contributed by atoms with E-state index in [9.17, 15) is 4.79 Å². The highest BCUT2D eigenvalue weighted by Gasteiger charge is 2.13. The molecule has 0 atom stereocenters. The Morgan fingerprint density at radius 1 is 1.59 bits per heavy atom. The largest absolute Gasteiger partial charge is 0.377 e. The summed E-state index contributed by atoms with van der Waals surface area (Å²) in [6.07, 6.45) is 1.75. The van der Waals surface area contributed by atoms with Crippen LogP contribution in [0.2, 0.25) is 0 Å². The summed E-state index contributed by atoms with van der Waals surface area (Å²) in [7, 11) is 1.60. The average Bonchev–Trinajstić information content (AvgIpc) is 3.05. The third kappa shape index (κ3) is 4.39. The molecule has 0 saturated carbocycles. The number of aryl methyl sites for hydroxylation is 1. The molecular weight excluding hydrogens is 322 g/mol. The van der Waals surface area contributed by atoms with E-state index in [4.69, 9.17) is 4.74 Å². The lowest BCUT2D eigenvalue weighted by atomic mass is 10.5. The number of ether oxygens (including phenoxy) is 1. The second-order valence-corrected chi connectivity index (χ2v) is 6.16. The molecule has 1 amide bonds. The third-order valence-electron chi connectivity index (χ3n) is 2.58. The summed E-state index contributed by atoms with van der Waals surface area (Å²) in [5, 5.41) is 14.1. The van der Waals surface area contributed by atoms with Crippen molar-refractivity contribution in [2.45, 2.75) is 25.2 Å². The van der Waals surface area contributed by atoms with Gasteiger partial charge in [-0.2, -0.15) is 0 Å². The lowest BCUT2D eigenvalue weighted by Crippen LogP contribution is -2.14. The Kier molecular flexibility index (Phi) is 6.10. The fraction of sp³-hybridized carbons (Fsp3) is 0.385. The van der Waals surface area contributed by atoms with E-state index in [0.29, 0.717) is 29.3 Å². The van der Waals surface area contributed by atoms with Crippen molar-refractivity contribution in [1.82, 2.24) is 19.7 Å². The maximum Gasteiger partial charge on any atom is 0.236 e. The molecule has 0 aliphatic rings. The first-order valence-corrected chi connectivity index (χ1v) is 8.37. The van der Waals surface area contributed by atoms with Crippen molar-refractivity contribution in [3.63, 3.8) is 0 Å². The molecular formula is C13H17N5O2S2. The van der Waals surface area contributed by atoms with Gasteiger partial charge in [-0.15, -0.1) is 28.1 Å². The van der Waals surface area contributed by atoms with Crippen LogP contribution in [0.15, 0.2) is 23.2 Å². The van der Waals surface area contributed by atoms with Gasteiger partial charge in [0.1, 0.15) is 6.61 Å². The first-order chi connectivity index (χ1) is 10.6. The molecule has 0 aliphatic carbocycles. The van der Waals surface area contributed by atoms with E-state index in [2.05, 4.69) is 27.1 Å². The number of hydrogen-bond donors (Lipinski definition) is 1. The van der Waals surface area contributed by atoms with Gasteiger partial charge < -0.3 is 14.6 Å². The molecule has 22 heavy (non-hydrogen) atoms. The zero-order valence-corrected chi connectivity index (χ0v) is 14.0. The van der Waals surface area contributed by atoms with Gasteiger partial charge in [-0.1, -0.05) is 17.8 Å². The topological polar surface area (TPSA) is 81.9 Å². The van der Waals surface area contributed by atoms with E-state index in [-0.39, 0.29) is 11.7 Å². The second kappa shape index (κ2) is 8.06. The van der Waals surface area contributed by atoms with Crippen LogP contribution in [-0.4, -0.2) is 38.5 Å². The molecule has 9 heteroatoms. The van der Waals surface area contributed by atoms with Crippen LogP contribution < -0.4 is 5.32 Å². The van der Waals surface area contributed by atoms with Gasteiger partial charge in [0.15, 0.2) is 16.1 Å². The van der Waals surface area contributed by atoms with Crippen LogP contribution in [0.1, 0.15) is 11.5 Å². The Morgan fingerprint density at radius 2 is 2.41 bits per heavy atom. The van der Waals surface area contributed by atoms with Crippen molar-refractivity contribution in [3.05, 3.63) is 29.6 Å². The van der Waals surface area contributed by atoms with Crippen LogP contribution in [0.5, 0.6) is 0 Å². The van der Waals surface area contributed by atoms with Crippen LogP contribution in [0.25, 0.3) is 0 Å². The van der Waals surface area contributed by atoms with Gasteiger partial charge in [0, 0.05) is 19.0 Å². The molecule has 2 heterocycles. The van der Waals surface area contributed by atoms with Gasteiger partial charge >= 0.3 is 0 Å². The van der Waals surface area contributed by atoms with Crippen LogP contribution in [0.4, 0.5) is 5.13 Å². The average molecular weight is 339 g/mol. The number of carbonyl (C=O) groups is 1. The van der Waals surface area contributed by atoms with Crippen molar-refractivity contribution in [1.29, 1.82) is 0 Å². The fourth-order valence-corrected chi connectivity index (χ4v) is 3.14. The SMILES string of the molecule is C=CCn1c(COC)nnc1SCC(=O)Nc1nc(C)cs1. The number of aromatic nitrogens is 4. The fourth-order valence-electron chi connectivity index (χ4n) is 1.67. The van der Waals surface area contributed by atoms with Crippen LogP contribution in [0, 0.1) is 6.92 Å². The van der Waals surface area contributed by atoms with Crippen LogP contribution in [-0.2, 0) is 22.7 Å². The van der Waals surface area contributed by atoms with Gasteiger partial charge in [0.2, 0.25) is 5.91 Å². The minimum atomic E-state index is -0.124. The Hall–Kier alpha value is -1.71. The standard InChI is InChI=1S/C13H17N5O2S2/c1-4-5-18-10(6-20-3)16-17-13(18)22-8-11(19)15-12-14-9(2)7-21-12/h4,7H,1,5-6,8H2,2-3H3,(H,14,15,19). The zero-order valence-electron chi connectivity index (χ0n) is 12.4. The number of thiazole rings is 1. The maximum atomic E-state index is 11.9. The number of amides is 1. The van der Waals surface area contributed by atoms with Crippen molar-refractivity contribution >= 4 is 34.1 Å². The Labute approximate surface area is 136 Å². The van der Waals surface area contributed by atoms with E-state index in [1.54, 1.807) is 13.2 Å². The first kappa shape index (κ1) is 16.7. The highest BCUT2D eigenvalue weighted by Crippen LogP contribution is 2.19. The molecule has 0 unspecified atom stereocenters. The van der Waals surface area contributed by atoms with Crippen LogP contribution >= 0.6 is 23.1 Å². The summed E-state index contributed by atoms with van der Waals surface area (Å²) in [5.41, 5.74) is 0.892. The third-order valence-corrected chi connectivity index (χ3v) is 4.42. The van der Waals surface area contributed by atoms with Crippen molar-refractivity contribution in [3.8, 4) is 0 Å². The monoisotopic (exact) mass is 339 g/mol. The molecule has 1 N–H and O–H groups in total. The van der Waals surface area contributed by atoms with Gasteiger partial charge in [0.05, 0.1) is 11.4 Å². The Bertz CT molecular complexity index is 653. The molecule has 0 bridgehead atoms. The molecule has 2 aromatic rings.